The highest BCUT2D eigenvalue weighted by Gasteiger charge is 2.19. The highest BCUT2D eigenvalue weighted by molar-refractivity contribution is 7.15. The lowest BCUT2D eigenvalue weighted by Gasteiger charge is -2.10. The fraction of sp³-hybridized carbons (Fsp3) is 0.300. The van der Waals surface area contributed by atoms with Gasteiger partial charge in [0.2, 0.25) is 5.91 Å². The Kier molecular flexibility index (Phi) is 5.76. The van der Waals surface area contributed by atoms with Gasteiger partial charge in [0.25, 0.3) is 5.91 Å². The Morgan fingerprint density at radius 2 is 2.11 bits per heavy atom. The van der Waals surface area contributed by atoms with E-state index in [0.29, 0.717) is 22.3 Å². The maximum atomic E-state index is 12.8. The predicted molar refractivity (Wildman–Crippen MR) is 110 cm³/mol. The third-order valence-corrected chi connectivity index (χ3v) is 5.11. The zero-order chi connectivity index (χ0) is 20.3. The average Bonchev–Trinajstić information content (AvgIpc) is 3.29. The first kappa shape index (κ1) is 19.6. The maximum absolute atomic E-state index is 12.8. The van der Waals surface area contributed by atoms with Gasteiger partial charge in [0.1, 0.15) is 0 Å². The summed E-state index contributed by atoms with van der Waals surface area (Å²) in [6.07, 6.45) is 6.76. The Hall–Kier alpha value is -3.18. The van der Waals surface area contributed by atoms with Crippen LogP contribution in [0.25, 0.3) is 21.6 Å². The molecule has 0 atom stereocenters. The number of nitrogens with one attached hydrogen (secondary N) is 2. The molecule has 0 radical (unpaired) electrons. The van der Waals surface area contributed by atoms with Crippen molar-refractivity contribution < 1.29 is 9.59 Å². The summed E-state index contributed by atoms with van der Waals surface area (Å²) < 4.78 is 1.79. The van der Waals surface area contributed by atoms with Crippen molar-refractivity contribution >= 4 is 34.2 Å². The van der Waals surface area contributed by atoms with Crippen LogP contribution in [-0.2, 0) is 4.79 Å². The third-order valence-electron chi connectivity index (χ3n) is 4.09. The lowest BCUT2D eigenvalue weighted by atomic mass is 10.1. The number of aromatic nitrogens is 3. The lowest BCUT2D eigenvalue weighted by Crippen LogP contribution is -2.37. The lowest BCUT2D eigenvalue weighted by molar-refractivity contribution is -0.119. The van der Waals surface area contributed by atoms with Gasteiger partial charge in [0, 0.05) is 10.9 Å². The Morgan fingerprint density at radius 1 is 1.32 bits per heavy atom. The summed E-state index contributed by atoms with van der Waals surface area (Å²) in [5.74, 6) is 1.62. The van der Waals surface area contributed by atoms with Crippen molar-refractivity contribution in [2.45, 2.75) is 26.8 Å². The standard InChI is InChI=1S/C20H21N5O2S/c1-5-8-21-18(26)11-22-20(27)14-9-16(17-7-6-13(4)28-17)24-19-15(14)10-23-25(19)12(2)3/h1,6-7,9-10,12H,8,11H2,2-4H3,(H,21,26)(H,22,27). The van der Waals surface area contributed by atoms with Gasteiger partial charge in [-0.2, -0.15) is 5.10 Å². The van der Waals surface area contributed by atoms with E-state index in [1.165, 1.54) is 0 Å². The van der Waals surface area contributed by atoms with Crippen molar-refractivity contribution in [3.63, 3.8) is 0 Å². The first-order chi connectivity index (χ1) is 13.4. The normalized spacial score (nSPS) is 10.8. The Morgan fingerprint density at radius 3 is 2.75 bits per heavy atom. The van der Waals surface area contributed by atoms with Crippen molar-refractivity contribution in [3.05, 3.63) is 34.8 Å². The van der Waals surface area contributed by atoms with E-state index >= 15 is 0 Å². The van der Waals surface area contributed by atoms with Gasteiger partial charge < -0.3 is 10.6 Å². The summed E-state index contributed by atoms with van der Waals surface area (Å²) >= 11 is 1.61. The number of hydrogen-bond acceptors (Lipinski definition) is 5. The number of aryl methyl sites for hydroxylation is 1. The van der Waals surface area contributed by atoms with Crippen LogP contribution in [0.3, 0.4) is 0 Å². The highest BCUT2D eigenvalue weighted by Crippen LogP contribution is 2.30. The molecule has 144 valence electrons. The molecule has 2 N–H and O–H groups in total. The molecule has 3 aromatic rings. The highest BCUT2D eigenvalue weighted by atomic mass is 32.1. The van der Waals surface area contributed by atoms with E-state index in [2.05, 4.69) is 21.7 Å². The second kappa shape index (κ2) is 8.23. The molecule has 2 amide bonds. The second-order valence-electron chi connectivity index (χ2n) is 6.55. The predicted octanol–water partition coefficient (Wildman–Crippen LogP) is 2.53. The number of hydrogen-bond donors (Lipinski definition) is 2. The minimum absolute atomic E-state index is 0.0933. The molecule has 0 aliphatic carbocycles. The molecule has 0 saturated carbocycles. The summed E-state index contributed by atoms with van der Waals surface area (Å²) in [7, 11) is 0. The molecule has 7 nitrogen and oxygen atoms in total. The molecule has 28 heavy (non-hydrogen) atoms. The van der Waals surface area contributed by atoms with Gasteiger partial charge in [-0.25, -0.2) is 9.67 Å². The van der Waals surface area contributed by atoms with Crippen LogP contribution >= 0.6 is 11.3 Å². The fourth-order valence-electron chi connectivity index (χ4n) is 2.75. The van der Waals surface area contributed by atoms with Crippen LogP contribution in [0, 0.1) is 19.3 Å². The number of fused-ring (bicyclic) bond motifs is 1. The van der Waals surface area contributed by atoms with Crippen LogP contribution in [0.2, 0.25) is 0 Å². The minimum Gasteiger partial charge on any atom is -0.344 e. The first-order valence-corrected chi connectivity index (χ1v) is 9.65. The molecule has 3 rings (SSSR count). The number of thiophene rings is 1. The topological polar surface area (TPSA) is 88.9 Å². The van der Waals surface area contributed by atoms with Crippen molar-refractivity contribution in [1.82, 2.24) is 25.4 Å². The molecule has 0 aliphatic rings. The summed E-state index contributed by atoms with van der Waals surface area (Å²) in [4.78, 5) is 31.4. The smallest absolute Gasteiger partial charge is 0.252 e. The zero-order valence-electron chi connectivity index (χ0n) is 15.9. The molecule has 8 heteroatoms. The van der Waals surface area contributed by atoms with Gasteiger partial charge in [0.05, 0.1) is 40.8 Å². The van der Waals surface area contributed by atoms with Crippen molar-refractivity contribution in [2.75, 3.05) is 13.1 Å². The fourth-order valence-corrected chi connectivity index (χ4v) is 3.58. The molecule has 3 heterocycles. The zero-order valence-corrected chi connectivity index (χ0v) is 16.8. The van der Waals surface area contributed by atoms with Crippen LogP contribution in [0.4, 0.5) is 0 Å². The van der Waals surface area contributed by atoms with Gasteiger partial charge in [-0.05, 0) is 39.0 Å². The van der Waals surface area contributed by atoms with E-state index in [1.807, 2.05) is 32.9 Å². The Bertz CT molecular complexity index is 1070. The van der Waals surface area contributed by atoms with Gasteiger partial charge in [-0.3, -0.25) is 9.59 Å². The van der Waals surface area contributed by atoms with E-state index in [1.54, 1.807) is 28.3 Å². The molecule has 3 aromatic heterocycles. The molecule has 0 fully saturated rings. The number of pyridine rings is 1. The van der Waals surface area contributed by atoms with Crippen molar-refractivity contribution in [3.8, 4) is 22.9 Å². The molecule has 0 aromatic carbocycles. The molecular weight excluding hydrogens is 374 g/mol. The first-order valence-electron chi connectivity index (χ1n) is 8.84. The quantitative estimate of drug-likeness (QED) is 0.628. The summed E-state index contributed by atoms with van der Waals surface area (Å²) in [6, 6.07) is 5.84. The van der Waals surface area contributed by atoms with E-state index < -0.39 is 0 Å². The third kappa shape index (κ3) is 4.05. The number of carbonyl (C=O) groups is 2. The van der Waals surface area contributed by atoms with E-state index in [0.717, 1.165) is 9.75 Å². The van der Waals surface area contributed by atoms with E-state index in [-0.39, 0.29) is 30.9 Å². The molecular formula is C20H21N5O2S. The minimum atomic E-state index is -0.360. The molecule has 0 spiro atoms. The molecule has 0 bridgehead atoms. The van der Waals surface area contributed by atoms with Crippen LogP contribution < -0.4 is 10.6 Å². The average molecular weight is 395 g/mol. The summed E-state index contributed by atoms with van der Waals surface area (Å²) in [5.41, 5.74) is 1.78. The molecule has 0 unspecified atom stereocenters. The van der Waals surface area contributed by atoms with E-state index in [9.17, 15) is 9.59 Å². The Balaban J connectivity index is 1.99. The van der Waals surface area contributed by atoms with Crippen LogP contribution in [0.5, 0.6) is 0 Å². The second-order valence-corrected chi connectivity index (χ2v) is 7.84. The summed E-state index contributed by atoms with van der Waals surface area (Å²) in [5, 5.41) is 10.2. The van der Waals surface area contributed by atoms with Gasteiger partial charge >= 0.3 is 0 Å². The Labute approximate surface area is 167 Å². The monoisotopic (exact) mass is 395 g/mol. The summed E-state index contributed by atoms with van der Waals surface area (Å²) in [6.45, 7) is 6.00. The van der Waals surface area contributed by atoms with Gasteiger partial charge in [-0.1, -0.05) is 5.92 Å². The molecule has 0 aliphatic heterocycles. The maximum Gasteiger partial charge on any atom is 0.252 e. The number of amides is 2. The van der Waals surface area contributed by atoms with Crippen LogP contribution in [-0.4, -0.2) is 39.7 Å². The van der Waals surface area contributed by atoms with Crippen LogP contribution in [0.1, 0.15) is 35.1 Å². The van der Waals surface area contributed by atoms with Crippen molar-refractivity contribution in [1.29, 1.82) is 0 Å². The number of terminal acetylenes is 1. The SMILES string of the molecule is C#CCNC(=O)CNC(=O)c1cc(-c2ccc(C)s2)nc2c1cnn2C(C)C. The number of carbonyl (C=O) groups excluding carboxylic acids is 2. The van der Waals surface area contributed by atoms with Gasteiger partial charge in [0.15, 0.2) is 5.65 Å². The number of nitrogens with zero attached hydrogens (tertiary/aromatic N) is 3. The van der Waals surface area contributed by atoms with Gasteiger partial charge in [-0.15, -0.1) is 17.8 Å². The van der Waals surface area contributed by atoms with Crippen LogP contribution in [0.15, 0.2) is 24.4 Å². The number of rotatable bonds is 6. The largest absolute Gasteiger partial charge is 0.344 e. The van der Waals surface area contributed by atoms with E-state index in [4.69, 9.17) is 11.4 Å². The molecule has 0 saturated heterocycles. The van der Waals surface area contributed by atoms with Crippen molar-refractivity contribution in [2.24, 2.45) is 0 Å².